The zero-order valence-corrected chi connectivity index (χ0v) is 5.31. The SMILES string of the molecule is CCS(=O)(=O)/C=C/[O]. The van der Waals surface area contributed by atoms with Crippen LogP contribution in [0.4, 0.5) is 0 Å². The van der Waals surface area contributed by atoms with E-state index in [2.05, 4.69) is 0 Å². The lowest BCUT2D eigenvalue weighted by molar-refractivity contribution is 0.352. The van der Waals surface area contributed by atoms with Crippen molar-refractivity contribution in [3.05, 3.63) is 11.7 Å². The second-order valence-electron chi connectivity index (χ2n) is 1.22. The van der Waals surface area contributed by atoms with Gasteiger partial charge >= 0.3 is 0 Å². The van der Waals surface area contributed by atoms with E-state index in [4.69, 9.17) is 0 Å². The monoisotopic (exact) mass is 135 g/mol. The first kappa shape index (κ1) is 7.49. The molecule has 0 fully saturated rings. The van der Waals surface area contributed by atoms with Crippen molar-refractivity contribution in [1.29, 1.82) is 0 Å². The van der Waals surface area contributed by atoms with Crippen LogP contribution < -0.4 is 0 Å². The average Bonchev–Trinajstić information content (AvgIpc) is 1.67. The fourth-order valence-corrected chi connectivity index (χ4v) is 0.543. The second-order valence-corrected chi connectivity index (χ2v) is 3.40. The molecule has 0 bridgehead atoms. The van der Waals surface area contributed by atoms with E-state index in [1.807, 2.05) is 0 Å². The molecule has 0 atom stereocenters. The van der Waals surface area contributed by atoms with Gasteiger partial charge in [0.15, 0.2) is 16.1 Å². The molecule has 0 saturated carbocycles. The summed E-state index contributed by atoms with van der Waals surface area (Å²) in [4.78, 5) is 0. The third-order valence-electron chi connectivity index (χ3n) is 0.665. The Balaban J connectivity index is 4.17. The van der Waals surface area contributed by atoms with Crippen LogP contribution in [0.5, 0.6) is 0 Å². The predicted molar refractivity (Wildman–Crippen MR) is 29.3 cm³/mol. The molecule has 0 aromatic rings. The Morgan fingerprint density at radius 1 is 1.50 bits per heavy atom. The summed E-state index contributed by atoms with van der Waals surface area (Å²) in [6, 6.07) is 0. The summed E-state index contributed by atoms with van der Waals surface area (Å²) in [6.45, 7) is 1.48. The van der Waals surface area contributed by atoms with E-state index in [9.17, 15) is 13.5 Å². The summed E-state index contributed by atoms with van der Waals surface area (Å²) >= 11 is 0. The van der Waals surface area contributed by atoms with Crippen molar-refractivity contribution in [3.63, 3.8) is 0 Å². The Kier molecular flexibility index (Phi) is 2.54. The lowest BCUT2D eigenvalue weighted by Gasteiger charge is -1.84. The minimum atomic E-state index is -3.16. The summed E-state index contributed by atoms with van der Waals surface area (Å²) in [6.07, 6.45) is 0.277. The third kappa shape index (κ3) is 2.63. The average molecular weight is 135 g/mol. The molecule has 0 spiro atoms. The molecule has 0 aliphatic carbocycles. The van der Waals surface area contributed by atoms with Crippen LogP contribution in [0.15, 0.2) is 11.7 Å². The number of hydrogen-bond donors (Lipinski definition) is 0. The molecule has 47 valence electrons. The standard InChI is InChI=1S/C4H7O3S/c1-2-8(6,7)4-3-5/h3-4H,2H2,1H3/b4-3+. The zero-order chi connectivity index (χ0) is 6.62. The maximum atomic E-state index is 10.3. The number of sulfone groups is 1. The molecule has 0 unspecified atom stereocenters. The summed E-state index contributed by atoms with van der Waals surface area (Å²) in [5.41, 5.74) is 0. The van der Waals surface area contributed by atoms with Crippen LogP contribution in [-0.2, 0) is 14.9 Å². The fourth-order valence-electron chi connectivity index (χ4n) is 0.181. The minimum Gasteiger partial charge on any atom is -0.298 e. The number of hydrogen-bond acceptors (Lipinski definition) is 2. The minimum absolute atomic E-state index is 0.00819. The van der Waals surface area contributed by atoms with Gasteiger partial charge in [0, 0.05) is 0 Å². The molecule has 0 aromatic heterocycles. The van der Waals surface area contributed by atoms with Gasteiger partial charge in [0.1, 0.15) is 0 Å². The smallest absolute Gasteiger partial charge is 0.174 e. The van der Waals surface area contributed by atoms with Crippen LogP contribution in [0.2, 0.25) is 0 Å². The molecule has 0 N–H and O–H groups in total. The van der Waals surface area contributed by atoms with Crippen LogP contribution in [-0.4, -0.2) is 14.2 Å². The van der Waals surface area contributed by atoms with Gasteiger partial charge in [-0.05, 0) is 0 Å². The molecule has 1 radical (unpaired) electrons. The second kappa shape index (κ2) is 2.71. The molecular formula is C4H7O3S. The highest BCUT2D eigenvalue weighted by Gasteiger charge is 1.98. The summed E-state index contributed by atoms with van der Waals surface area (Å²) in [7, 11) is -3.16. The Hall–Kier alpha value is -0.510. The van der Waals surface area contributed by atoms with Gasteiger partial charge in [0.2, 0.25) is 0 Å². The van der Waals surface area contributed by atoms with Gasteiger partial charge in [-0.3, -0.25) is 5.11 Å². The molecule has 0 rings (SSSR count). The van der Waals surface area contributed by atoms with Gasteiger partial charge in [0.25, 0.3) is 0 Å². The molecule has 8 heavy (non-hydrogen) atoms. The highest BCUT2D eigenvalue weighted by molar-refractivity contribution is 7.94. The first-order chi connectivity index (χ1) is 3.62. The van der Waals surface area contributed by atoms with Crippen molar-refractivity contribution in [2.45, 2.75) is 6.92 Å². The molecule has 0 aliphatic rings. The van der Waals surface area contributed by atoms with Gasteiger partial charge in [-0.2, -0.15) is 0 Å². The van der Waals surface area contributed by atoms with Crippen molar-refractivity contribution in [2.75, 3.05) is 5.75 Å². The first-order valence-electron chi connectivity index (χ1n) is 2.13. The van der Waals surface area contributed by atoms with Gasteiger partial charge in [-0.25, -0.2) is 8.42 Å². The summed E-state index contributed by atoms with van der Waals surface area (Å²) in [5, 5.41) is 10.2. The molecule has 0 heterocycles. The molecule has 0 saturated heterocycles. The van der Waals surface area contributed by atoms with E-state index < -0.39 is 9.84 Å². The molecule has 4 heteroatoms. The summed E-state index contributed by atoms with van der Waals surface area (Å²) in [5.74, 6) is -0.00819. The van der Waals surface area contributed by atoms with E-state index >= 15 is 0 Å². The topological polar surface area (TPSA) is 54.0 Å². The maximum absolute atomic E-state index is 10.3. The van der Waals surface area contributed by atoms with Crippen LogP contribution in [0.3, 0.4) is 0 Å². The lowest BCUT2D eigenvalue weighted by atomic mass is 11.0. The molecular weight excluding hydrogens is 128 g/mol. The lowest BCUT2D eigenvalue weighted by Crippen LogP contribution is -1.96. The highest BCUT2D eigenvalue weighted by atomic mass is 32.2. The van der Waals surface area contributed by atoms with Gasteiger partial charge in [-0.15, -0.1) is 0 Å². The summed E-state index contributed by atoms with van der Waals surface area (Å²) < 4.78 is 20.6. The van der Waals surface area contributed by atoms with E-state index in [-0.39, 0.29) is 12.0 Å². The quantitative estimate of drug-likeness (QED) is 0.512. The van der Waals surface area contributed by atoms with Gasteiger partial charge in [0.05, 0.1) is 11.2 Å². The van der Waals surface area contributed by atoms with Gasteiger partial charge < -0.3 is 0 Å². The normalized spacial score (nSPS) is 12.6. The highest BCUT2D eigenvalue weighted by Crippen LogP contribution is 1.88. The number of rotatable bonds is 2. The fraction of sp³-hybridized carbons (Fsp3) is 0.500. The van der Waals surface area contributed by atoms with E-state index in [0.29, 0.717) is 5.41 Å². The van der Waals surface area contributed by atoms with Crippen molar-refractivity contribution >= 4 is 9.84 Å². The Morgan fingerprint density at radius 3 is 2.12 bits per heavy atom. The zero-order valence-electron chi connectivity index (χ0n) is 4.49. The Morgan fingerprint density at radius 2 is 2.00 bits per heavy atom. The van der Waals surface area contributed by atoms with Crippen molar-refractivity contribution in [1.82, 2.24) is 0 Å². The molecule has 3 nitrogen and oxygen atoms in total. The van der Waals surface area contributed by atoms with Crippen molar-refractivity contribution in [2.24, 2.45) is 0 Å². The van der Waals surface area contributed by atoms with Gasteiger partial charge in [-0.1, -0.05) is 6.92 Å². The predicted octanol–water partition coefficient (Wildman–Crippen LogP) is 0.323. The Labute approximate surface area is 48.6 Å². The first-order valence-corrected chi connectivity index (χ1v) is 3.85. The van der Waals surface area contributed by atoms with Crippen LogP contribution in [0, 0.1) is 0 Å². The molecule has 0 amide bonds. The van der Waals surface area contributed by atoms with Crippen molar-refractivity contribution in [3.8, 4) is 0 Å². The van der Waals surface area contributed by atoms with Crippen LogP contribution >= 0.6 is 0 Å². The van der Waals surface area contributed by atoms with Crippen LogP contribution in [0.25, 0.3) is 0 Å². The molecule has 0 aromatic carbocycles. The Bertz CT molecular complexity index is 166. The van der Waals surface area contributed by atoms with Crippen molar-refractivity contribution < 1.29 is 13.5 Å². The van der Waals surface area contributed by atoms with E-state index in [1.165, 1.54) is 6.92 Å². The van der Waals surface area contributed by atoms with E-state index in [0.717, 1.165) is 0 Å². The maximum Gasteiger partial charge on any atom is 0.174 e. The van der Waals surface area contributed by atoms with E-state index in [1.54, 1.807) is 0 Å². The van der Waals surface area contributed by atoms with Crippen LogP contribution in [0.1, 0.15) is 6.92 Å². The largest absolute Gasteiger partial charge is 0.298 e. The molecule has 0 aliphatic heterocycles. The third-order valence-corrected chi connectivity index (χ3v) is 2.00.